The fraction of sp³-hybridized carbons (Fsp3) is 0.923. The van der Waals surface area contributed by atoms with Gasteiger partial charge < -0.3 is 4.74 Å². The number of unbranched alkanes of at least 4 members (excludes halogenated alkanes) is 17. The van der Waals surface area contributed by atoms with E-state index in [1.807, 2.05) is 6.92 Å². The predicted molar refractivity (Wildman–Crippen MR) is 140 cm³/mol. The molecule has 1 nitrogen and oxygen atoms in total. The van der Waals surface area contributed by atoms with Crippen LogP contribution in [0.4, 0.5) is 0 Å². The number of hydrogen-bond donors (Lipinski definition) is 0. The van der Waals surface area contributed by atoms with E-state index in [2.05, 4.69) is 35.0 Å². The van der Waals surface area contributed by atoms with Crippen LogP contribution in [0.25, 0.3) is 0 Å². The van der Waals surface area contributed by atoms with E-state index in [0.29, 0.717) is 0 Å². The lowest BCUT2D eigenvalue weighted by atomic mass is 10.0. The molecule has 0 fully saturated rings. The second-order valence-electron chi connectivity index (χ2n) is 9.84. The summed E-state index contributed by atoms with van der Waals surface area (Å²) in [4.78, 5) is 0. The zero-order valence-electron chi connectivity index (χ0n) is 20.3. The predicted octanol–water partition coefficient (Wildman–Crippen LogP) is 10.2. The van der Waals surface area contributed by atoms with Crippen molar-refractivity contribution in [3.8, 4) is 0 Å². The summed E-state index contributed by atoms with van der Waals surface area (Å²) in [6, 6.07) is 1.44. The first-order valence-corrected chi connectivity index (χ1v) is 18.3. The first-order chi connectivity index (χ1) is 13.9. The third-order valence-electron chi connectivity index (χ3n) is 5.66. The summed E-state index contributed by atoms with van der Waals surface area (Å²) in [7, 11) is 0. The number of rotatable bonds is 23. The van der Waals surface area contributed by atoms with Gasteiger partial charge in [-0.1, -0.05) is 134 Å². The van der Waals surface area contributed by atoms with Crippen molar-refractivity contribution in [2.45, 2.75) is 142 Å². The second kappa shape index (κ2) is 21.6. The van der Waals surface area contributed by atoms with Crippen molar-refractivity contribution >= 4 is 22.0 Å². The topological polar surface area (TPSA) is 9.23 Å². The van der Waals surface area contributed by atoms with Crippen molar-refractivity contribution in [1.29, 1.82) is 0 Å². The Hall–Kier alpha value is 0.397. The van der Waals surface area contributed by atoms with Crippen molar-refractivity contribution in [1.82, 2.24) is 0 Å². The SMILES string of the molecule is C=C(C)COCCCCCCCCCCCCCCCCCCCC[Si](C)(C)Br. The Morgan fingerprint density at radius 2 is 0.931 bits per heavy atom. The third-order valence-corrected chi connectivity index (χ3v) is 8.39. The van der Waals surface area contributed by atoms with E-state index in [4.69, 9.17) is 4.74 Å². The Bertz CT molecular complexity index is 351. The lowest BCUT2D eigenvalue weighted by molar-refractivity contribution is 0.151. The Balaban J connectivity index is 3.04. The second-order valence-corrected chi connectivity index (χ2v) is 20.2. The van der Waals surface area contributed by atoms with Crippen LogP contribution in [0.15, 0.2) is 12.2 Å². The van der Waals surface area contributed by atoms with Gasteiger partial charge in [-0.05, 0) is 19.4 Å². The van der Waals surface area contributed by atoms with Crippen molar-refractivity contribution in [2.24, 2.45) is 0 Å². The van der Waals surface area contributed by atoms with Gasteiger partial charge in [-0.3, -0.25) is 0 Å². The molecule has 0 unspecified atom stereocenters. The van der Waals surface area contributed by atoms with E-state index >= 15 is 0 Å². The van der Waals surface area contributed by atoms with E-state index in [-0.39, 0.29) is 0 Å². The van der Waals surface area contributed by atoms with Gasteiger partial charge in [-0.15, -0.1) is 15.3 Å². The summed E-state index contributed by atoms with van der Waals surface area (Å²) in [6.45, 7) is 11.4. The maximum atomic E-state index is 5.54. The molecule has 0 aromatic rings. The van der Waals surface area contributed by atoms with Gasteiger partial charge in [0.25, 0.3) is 0 Å². The van der Waals surface area contributed by atoms with Crippen LogP contribution in [-0.2, 0) is 4.74 Å². The van der Waals surface area contributed by atoms with Crippen molar-refractivity contribution < 1.29 is 4.74 Å². The number of hydrogen-bond acceptors (Lipinski definition) is 1. The van der Waals surface area contributed by atoms with Gasteiger partial charge in [0, 0.05) is 6.61 Å². The highest BCUT2D eigenvalue weighted by atomic mass is 79.9. The maximum Gasteiger partial charge on any atom is 0.124 e. The van der Waals surface area contributed by atoms with Gasteiger partial charge >= 0.3 is 0 Å². The van der Waals surface area contributed by atoms with Crippen LogP contribution < -0.4 is 0 Å². The number of halogens is 1. The largest absolute Gasteiger partial charge is 0.377 e. The zero-order valence-corrected chi connectivity index (χ0v) is 22.9. The molecule has 0 atom stereocenters. The normalized spacial score (nSPS) is 11.9. The summed E-state index contributed by atoms with van der Waals surface area (Å²) in [6.07, 6.45) is 25.7. The Labute approximate surface area is 193 Å². The van der Waals surface area contributed by atoms with E-state index in [9.17, 15) is 0 Å². The van der Waals surface area contributed by atoms with Gasteiger partial charge in [-0.25, -0.2) is 0 Å². The van der Waals surface area contributed by atoms with Crippen molar-refractivity contribution in [3.63, 3.8) is 0 Å². The van der Waals surface area contributed by atoms with E-state index < -0.39 is 6.69 Å². The highest BCUT2D eigenvalue weighted by molar-refractivity contribution is 9.26. The Kier molecular flexibility index (Phi) is 21.9. The number of ether oxygens (including phenoxy) is 1. The molecule has 0 spiro atoms. The molecule has 0 aromatic carbocycles. The molecule has 174 valence electrons. The van der Waals surface area contributed by atoms with Gasteiger partial charge in [0.05, 0.1) is 6.61 Å². The molecule has 0 aliphatic rings. The molecule has 0 amide bonds. The Morgan fingerprint density at radius 3 is 1.24 bits per heavy atom. The maximum absolute atomic E-state index is 5.54. The highest BCUT2D eigenvalue weighted by Crippen LogP contribution is 2.21. The summed E-state index contributed by atoms with van der Waals surface area (Å²) < 4.78 is 5.54. The van der Waals surface area contributed by atoms with Gasteiger partial charge in [-0.2, -0.15) is 0 Å². The molecule has 0 saturated carbocycles. The highest BCUT2D eigenvalue weighted by Gasteiger charge is 2.14. The van der Waals surface area contributed by atoms with E-state index in [1.165, 1.54) is 122 Å². The quantitative estimate of drug-likeness (QED) is 0.0600. The molecule has 0 aromatic heterocycles. The lowest BCUT2D eigenvalue weighted by Crippen LogP contribution is -2.13. The minimum Gasteiger partial charge on any atom is -0.377 e. The summed E-state index contributed by atoms with van der Waals surface area (Å²) >= 11 is 3.87. The molecule has 0 rings (SSSR count). The molecule has 3 heteroatoms. The average Bonchev–Trinajstić information content (AvgIpc) is 2.64. The summed E-state index contributed by atoms with van der Waals surface area (Å²) in [5.74, 6) is 0. The third kappa shape index (κ3) is 28.4. The zero-order chi connectivity index (χ0) is 21.6. The molecule has 0 saturated heterocycles. The van der Waals surface area contributed by atoms with E-state index in [0.717, 1.165) is 18.8 Å². The molecule has 0 bridgehead atoms. The molecule has 0 N–H and O–H groups in total. The average molecular weight is 490 g/mol. The van der Waals surface area contributed by atoms with E-state index in [1.54, 1.807) is 0 Å². The molecular formula is C26H53BrOSi. The van der Waals surface area contributed by atoms with Crippen LogP contribution in [0.5, 0.6) is 0 Å². The van der Waals surface area contributed by atoms with Crippen molar-refractivity contribution in [2.75, 3.05) is 13.2 Å². The smallest absolute Gasteiger partial charge is 0.124 e. The van der Waals surface area contributed by atoms with Crippen LogP contribution in [-0.4, -0.2) is 19.9 Å². The van der Waals surface area contributed by atoms with Crippen molar-refractivity contribution in [3.05, 3.63) is 12.2 Å². The Morgan fingerprint density at radius 1 is 0.621 bits per heavy atom. The first-order valence-electron chi connectivity index (χ1n) is 12.8. The molecule has 0 aliphatic carbocycles. The first kappa shape index (κ1) is 29.4. The fourth-order valence-corrected chi connectivity index (χ4v) is 5.76. The van der Waals surface area contributed by atoms with Crippen LogP contribution >= 0.6 is 15.3 Å². The minimum absolute atomic E-state index is 0.734. The minimum atomic E-state index is -0.969. The summed E-state index contributed by atoms with van der Waals surface area (Å²) in [5, 5.41) is 0. The molecule has 0 aliphatic heterocycles. The molecule has 29 heavy (non-hydrogen) atoms. The molecule has 0 heterocycles. The van der Waals surface area contributed by atoms with Crippen LogP contribution in [0.3, 0.4) is 0 Å². The van der Waals surface area contributed by atoms with Crippen LogP contribution in [0.2, 0.25) is 19.1 Å². The standard InChI is InChI=1S/C26H53BrOSi/c1-26(2)25-28-23-21-19-17-15-13-11-9-7-5-6-8-10-12-14-16-18-20-22-24-29(3,4)27/h1,5-25H2,2-4H3. The lowest BCUT2D eigenvalue weighted by Gasteiger charge is -2.12. The fourth-order valence-electron chi connectivity index (χ4n) is 3.82. The van der Waals surface area contributed by atoms with Crippen LogP contribution in [0.1, 0.15) is 122 Å². The van der Waals surface area contributed by atoms with Gasteiger partial charge in [0.1, 0.15) is 6.69 Å². The van der Waals surface area contributed by atoms with Crippen LogP contribution in [0, 0.1) is 0 Å². The monoisotopic (exact) mass is 488 g/mol. The summed E-state index contributed by atoms with van der Waals surface area (Å²) in [5.41, 5.74) is 1.13. The molecule has 0 radical (unpaired) electrons. The molecular weight excluding hydrogens is 436 g/mol. The van der Waals surface area contributed by atoms with Gasteiger partial charge in [0.2, 0.25) is 0 Å². The van der Waals surface area contributed by atoms with Gasteiger partial charge in [0.15, 0.2) is 0 Å².